The number of hydrogen-bond donors (Lipinski definition) is 1. The van der Waals surface area contributed by atoms with Crippen molar-refractivity contribution in [1.82, 2.24) is 4.90 Å². The van der Waals surface area contributed by atoms with Gasteiger partial charge < -0.3 is 19.3 Å². The van der Waals surface area contributed by atoms with Crippen molar-refractivity contribution in [2.75, 3.05) is 19.8 Å². The highest BCUT2D eigenvalue weighted by Gasteiger charge is 2.41. The number of esters is 1. The molecule has 1 aliphatic heterocycles. The highest BCUT2D eigenvalue weighted by Crippen LogP contribution is 2.44. The van der Waals surface area contributed by atoms with E-state index in [-0.39, 0.29) is 38.5 Å². The molecular formula is C27H31NO7. The van der Waals surface area contributed by atoms with Gasteiger partial charge in [0.15, 0.2) is 0 Å². The number of amides is 1. The molecule has 1 heterocycles. The maximum atomic E-state index is 12.9. The van der Waals surface area contributed by atoms with Gasteiger partial charge in [-0.1, -0.05) is 48.5 Å². The van der Waals surface area contributed by atoms with E-state index in [2.05, 4.69) is 12.1 Å². The summed E-state index contributed by atoms with van der Waals surface area (Å²) in [4.78, 5) is 37.8. The molecule has 1 N–H and O–H groups in total. The summed E-state index contributed by atoms with van der Waals surface area (Å²) < 4.78 is 16.6. The molecule has 35 heavy (non-hydrogen) atoms. The predicted molar refractivity (Wildman–Crippen MR) is 128 cm³/mol. The average Bonchev–Trinajstić information content (AvgIpc) is 3.36. The highest BCUT2D eigenvalue weighted by atomic mass is 16.6. The third-order valence-corrected chi connectivity index (χ3v) is 6.20. The average molecular weight is 482 g/mol. The minimum absolute atomic E-state index is 0.0520. The molecule has 0 saturated carbocycles. The van der Waals surface area contributed by atoms with Crippen molar-refractivity contribution in [2.24, 2.45) is 0 Å². The van der Waals surface area contributed by atoms with Crippen LogP contribution in [0.25, 0.3) is 11.1 Å². The molecule has 2 aromatic carbocycles. The van der Waals surface area contributed by atoms with E-state index in [0.29, 0.717) is 0 Å². The molecular weight excluding hydrogens is 450 g/mol. The first-order valence-electron chi connectivity index (χ1n) is 11.8. The first-order chi connectivity index (χ1) is 16.6. The topological polar surface area (TPSA) is 102 Å². The van der Waals surface area contributed by atoms with E-state index < -0.39 is 35.8 Å². The Hall–Kier alpha value is -3.39. The number of carbonyl (C=O) groups is 3. The van der Waals surface area contributed by atoms with Gasteiger partial charge in [-0.2, -0.15) is 0 Å². The molecule has 2 aliphatic rings. The van der Waals surface area contributed by atoms with Crippen LogP contribution in [0, 0.1) is 0 Å². The number of nitrogens with zero attached hydrogens (tertiary/aromatic N) is 1. The summed E-state index contributed by atoms with van der Waals surface area (Å²) >= 11 is 0. The van der Waals surface area contributed by atoms with Gasteiger partial charge in [-0.25, -0.2) is 9.59 Å². The minimum Gasteiger partial charge on any atom is -0.480 e. The lowest BCUT2D eigenvalue weighted by Crippen LogP contribution is -2.41. The number of likely N-dealkylation sites (tertiary alicyclic amines) is 1. The number of benzene rings is 2. The fourth-order valence-electron chi connectivity index (χ4n) is 4.73. The molecule has 0 spiro atoms. The van der Waals surface area contributed by atoms with Gasteiger partial charge in [0.25, 0.3) is 0 Å². The quantitative estimate of drug-likeness (QED) is 0.591. The van der Waals surface area contributed by atoms with Crippen LogP contribution in [0.1, 0.15) is 50.7 Å². The van der Waals surface area contributed by atoms with E-state index in [1.807, 2.05) is 36.4 Å². The number of fused-ring (bicyclic) bond motifs is 3. The minimum atomic E-state index is -1.11. The Morgan fingerprint density at radius 3 is 2.17 bits per heavy atom. The lowest BCUT2D eigenvalue weighted by molar-refractivity contribution is -0.156. The van der Waals surface area contributed by atoms with E-state index in [4.69, 9.17) is 14.2 Å². The summed E-state index contributed by atoms with van der Waals surface area (Å²) in [5.74, 6) is -1.62. The van der Waals surface area contributed by atoms with Crippen LogP contribution in [-0.2, 0) is 23.8 Å². The first-order valence-corrected chi connectivity index (χ1v) is 11.8. The summed E-state index contributed by atoms with van der Waals surface area (Å²) in [5.41, 5.74) is 3.82. The van der Waals surface area contributed by atoms with Gasteiger partial charge in [-0.05, 0) is 43.0 Å². The number of rotatable bonds is 7. The van der Waals surface area contributed by atoms with Crippen LogP contribution < -0.4 is 0 Å². The van der Waals surface area contributed by atoms with Gasteiger partial charge in [-0.15, -0.1) is 0 Å². The van der Waals surface area contributed by atoms with Crippen LogP contribution in [0.2, 0.25) is 0 Å². The number of ether oxygens (including phenoxy) is 3. The molecule has 8 nitrogen and oxygen atoms in total. The van der Waals surface area contributed by atoms with Crippen LogP contribution in [0.5, 0.6) is 0 Å². The van der Waals surface area contributed by atoms with Gasteiger partial charge in [0.1, 0.15) is 18.2 Å². The molecule has 0 unspecified atom stereocenters. The molecule has 1 saturated heterocycles. The SMILES string of the molecule is CC(C)(C)OC(=O)CCO[C@@H]1C[C@@H](C(=O)O)N(C(=O)OCC2c3ccccc3-c3ccccc32)C1. The van der Waals surface area contributed by atoms with Crippen molar-refractivity contribution in [3.63, 3.8) is 0 Å². The second-order valence-electron chi connectivity index (χ2n) is 9.88. The third kappa shape index (κ3) is 5.65. The fraction of sp³-hybridized carbons (Fsp3) is 0.444. The number of carbonyl (C=O) groups excluding carboxylic acids is 2. The standard InChI is InChI=1S/C27H31NO7/c1-27(2,3)35-24(29)12-13-33-17-14-23(25(30)31)28(15-17)26(32)34-16-22-20-10-6-4-8-18(20)19-9-5-7-11-21(19)22/h4-11,17,22-23H,12-16H2,1-3H3,(H,30,31)/t17-,23+/m1/s1. The Kier molecular flexibility index (Phi) is 7.12. The number of carboxylic acid groups (broad SMARTS) is 1. The molecule has 0 bridgehead atoms. The van der Waals surface area contributed by atoms with Crippen molar-refractivity contribution in [1.29, 1.82) is 0 Å². The number of hydrogen-bond acceptors (Lipinski definition) is 6. The smallest absolute Gasteiger partial charge is 0.410 e. The van der Waals surface area contributed by atoms with Crippen LogP contribution >= 0.6 is 0 Å². The van der Waals surface area contributed by atoms with Crippen molar-refractivity contribution in [3.8, 4) is 11.1 Å². The van der Waals surface area contributed by atoms with Crippen molar-refractivity contribution in [3.05, 3.63) is 59.7 Å². The lowest BCUT2D eigenvalue weighted by Gasteiger charge is -2.22. The Bertz CT molecular complexity index is 1060. The Labute approximate surface area is 204 Å². The normalized spacial score (nSPS) is 19.2. The fourth-order valence-corrected chi connectivity index (χ4v) is 4.73. The molecule has 1 amide bonds. The largest absolute Gasteiger partial charge is 0.480 e. The summed E-state index contributed by atoms with van der Waals surface area (Å²) in [6, 6.07) is 15.0. The van der Waals surface area contributed by atoms with Gasteiger partial charge >= 0.3 is 18.0 Å². The summed E-state index contributed by atoms with van der Waals surface area (Å²) in [7, 11) is 0. The molecule has 1 fully saturated rings. The third-order valence-electron chi connectivity index (χ3n) is 6.20. The van der Waals surface area contributed by atoms with Gasteiger partial charge in [-0.3, -0.25) is 9.69 Å². The van der Waals surface area contributed by atoms with Crippen LogP contribution in [0.4, 0.5) is 4.79 Å². The monoisotopic (exact) mass is 481 g/mol. The molecule has 0 radical (unpaired) electrons. The molecule has 186 valence electrons. The number of carboxylic acids is 1. The van der Waals surface area contributed by atoms with Crippen molar-refractivity contribution >= 4 is 18.0 Å². The Balaban J connectivity index is 1.35. The zero-order chi connectivity index (χ0) is 25.2. The maximum absolute atomic E-state index is 12.9. The van der Waals surface area contributed by atoms with Gasteiger partial charge in [0.05, 0.1) is 25.7 Å². The molecule has 1 aliphatic carbocycles. The van der Waals surface area contributed by atoms with Crippen molar-refractivity contribution in [2.45, 2.75) is 57.3 Å². The second-order valence-corrected chi connectivity index (χ2v) is 9.88. The van der Waals surface area contributed by atoms with Crippen LogP contribution in [-0.4, -0.2) is 65.5 Å². The molecule has 2 atom stereocenters. The van der Waals surface area contributed by atoms with Gasteiger partial charge in [0, 0.05) is 12.3 Å². The van der Waals surface area contributed by atoms with E-state index in [9.17, 15) is 19.5 Å². The van der Waals surface area contributed by atoms with E-state index in [1.165, 1.54) is 4.90 Å². The molecule has 0 aromatic heterocycles. The first kappa shape index (κ1) is 24.7. The van der Waals surface area contributed by atoms with Crippen LogP contribution in [0.15, 0.2) is 48.5 Å². The molecule has 4 rings (SSSR count). The Morgan fingerprint density at radius 1 is 1.00 bits per heavy atom. The lowest BCUT2D eigenvalue weighted by atomic mass is 9.98. The number of aliphatic carboxylic acids is 1. The van der Waals surface area contributed by atoms with E-state index in [0.717, 1.165) is 22.3 Å². The summed E-state index contributed by atoms with van der Waals surface area (Å²) in [6.07, 6.45) is -0.999. The van der Waals surface area contributed by atoms with E-state index in [1.54, 1.807) is 20.8 Å². The predicted octanol–water partition coefficient (Wildman–Crippen LogP) is 4.21. The maximum Gasteiger partial charge on any atom is 0.410 e. The van der Waals surface area contributed by atoms with Crippen molar-refractivity contribution < 1.29 is 33.7 Å². The van der Waals surface area contributed by atoms with Crippen LogP contribution in [0.3, 0.4) is 0 Å². The zero-order valence-corrected chi connectivity index (χ0v) is 20.2. The molecule has 2 aromatic rings. The van der Waals surface area contributed by atoms with E-state index >= 15 is 0 Å². The summed E-state index contributed by atoms with van der Waals surface area (Å²) in [5, 5.41) is 9.65. The molecule has 8 heteroatoms. The summed E-state index contributed by atoms with van der Waals surface area (Å²) in [6.45, 7) is 5.64. The Morgan fingerprint density at radius 2 is 1.60 bits per heavy atom. The second kappa shape index (κ2) is 10.1. The van der Waals surface area contributed by atoms with Gasteiger partial charge in [0.2, 0.25) is 0 Å². The zero-order valence-electron chi connectivity index (χ0n) is 20.2. The highest BCUT2D eigenvalue weighted by molar-refractivity contribution is 5.82.